The van der Waals surface area contributed by atoms with Crippen LogP contribution in [0, 0.1) is 6.92 Å². The fourth-order valence-corrected chi connectivity index (χ4v) is 2.47. The smallest absolute Gasteiger partial charge is 0.410 e. The molecule has 1 fully saturated rings. The third-order valence-electron chi connectivity index (χ3n) is 3.82. The summed E-state index contributed by atoms with van der Waals surface area (Å²) in [7, 11) is 0. The van der Waals surface area contributed by atoms with E-state index in [1.165, 1.54) is 0 Å². The zero-order valence-electron chi connectivity index (χ0n) is 13.2. The molecule has 0 aromatic carbocycles. The Bertz CT molecular complexity index is 523. The predicted molar refractivity (Wildman–Crippen MR) is 78.6 cm³/mol. The molecule has 2 heterocycles. The Morgan fingerprint density at radius 3 is 2.73 bits per heavy atom. The molecule has 1 aromatic heterocycles. The van der Waals surface area contributed by atoms with Crippen LogP contribution in [0.3, 0.4) is 0 Å². The molecule has 0 bridgehead atoms. The van der Waals surface area contributed by atoms with Crippen LogP contribution in [0.4, 0.5) is 10.6 Å². The fraction of sp³-hybridized carbons (Fsp3) is 0.643. The molecule has 1 saturated heterocycles. The zero-order chi connectivity index (χ0) is 16.1. The van der Waals surface area contributed by atoms with Crippen molar-refractivity contribution in [3.63, 3.8) is 0 Å². The molecular formula is C14H23N4O4+. The van der Waals surface area contributed by atoms with Gasteiger partial charge in [-0.2, -0.15) is 0 Å². The molecule has 8 nitrogen and oxygen atoms in total. The highest BCUT2D eigenvalue weighted by Crippen LogP contribution is 2.07. The van der Waals surface area contributed by atoms with Crippen molar-refractivity contribution in [3.8, 4) is 0 Å². The summed E-state index contributed by atoms with van der Waals surface area (Å²) in [6.45, 7) is 8.42. The van der Waals surface area contributed by atoms with Crippen molar-refractivity contribution in [2.24, 2.45) is 0 Å². The first-order chi connectivity index (χ1) is 10.5. The Balaban J connectivity index is 1.82. The van der Waals surface area contributed by atoms with Gasteiger partial charge in [-0.1, -0.05) is 5.16 Å². The number of hydrogen-bond donors (Lipinski definition) is 2. The van der Waals surface area contributed by atoms with Gasteiger partial charge in [0, 0.05) is 6.07 Å². The van der Waals surface area contributed by atoms with E-state index in [1.54, 1.807) is 24.8 Å². The molecule has 8 heteroatoms. The lowest BCUT2D eigenvalue weighted by Crippen LogP contribution is -3.19. The zero-order valence-corrected chi connectivity index (χ0v) is 13.2. The quantitative estimate of drug-likeness (QED) is 0.794. The molecular weight excluding hydrogens is 288 g/mol. The van der Waals surface area contributed by atoms with Gasteiger partial charge in [0.25, 0.3) is 5.91 Å². The summed E-state index contributed by atoms with van der Waals surface area (Å²) in [5, 5.41) is 6.50. The largest absolute Gasteiger partial charge is 0.450 e. The average Bonchev–Trinajstić information content (AvgIpc) is 2.92. The molecule has 2 amide bonds. The second-order valence-electron chi connectivity index (χ2n) is 5.38. The molecule has 0 aliphatic carbocycles. The van der Waals surface area contributed by atoms with E-state index < -0.39 is 0 Å². The standard InChI is InChI=1S/C14H22N4O4/c1-4-21-14(20)18-7-5-17(6-8-18)11(3)13(19)15-12-9-10(2)22-16-12/h9,11H,4-8H2,1-3H3,(H,15,16,19)/p+1/t11-/m1/s1. The highest BCUT2D eigenvalue weighted by molar-refractivity contribution is 5.92. The number of aryl methyl sites for hydroxylation is 1. The summed E-state index contributed by atoms with van der Waals surface area (Å²) < 4.78 is 9.91. The summed E-state index contributed by atoms with van der Waals surface area (Å²) in [5.74, 6) is 0.977. The number of rotatable bonds is 4. The minimum absolute atomic E-state index is 0.104. The van der Waals surface area contributed by atoms with Crippen molar-refractivity contribution in [1.29, 1.82) is 0 Å². The summed E-state index contributed by atoms with van der Waals surface area (Å²) in [4.78, 5) is 26.7. The fourth-order valence-electron chi connectivity index (χ4n) is 2.47. The molecule has 1 aromatic rings. The summed E-state index contributed by atoms with van der Waals surface area (Å²) in [6, 6.07) is 1.46. The summed E-state index contributed by atoms with van der Waals surface area (Å²) in [6.07, 6.45) is -0.281. The van der Waals surface area contributed by atoms with Crippen molar-refractivity contribution in [3.05, 3.63) is 11.8 Å². The Morgan fingerprint density at radius 1 is 1.50 bits per heavy atom. The van der Waals surface area contributed by atoms with E-state index >= 15 is 0 Å². The minimum atomic E-state index is -0.281. The van der Waals surface area contributed by atoms with Gasteiger partial charge in [0.2, 0.25) is 0 Å². The Morgan fingerprint density at radius 2 is 2.18 bits per heavy atom. The van der Waals surface area contributed by atoms with Crippen LogP contribution in [-0.4, -0.2) is 60.9 Å². The van der Waals surface area contributed by atoms with Gasteiger partial charge >= 0.3 is 6.09 Å². The molecule has 0 saturated carbocycles. The lowest BCUT2D eigenvalue weighted by Gasteiger charge is -2.34. The van der Waals surface area contributed by atoms with Gasteiger partial charge in [0.15, 0.2) is 11.9 Å². The Labute approximate surface area is 129 Å². The van der Waals surface area contributed by atoms with Gasteiger partial charge in [-0.3, -0.25) is 9.69 Å². The molecule has 0 spiro atoms. The van der Waals surface area contributed by atoms with Crippen molar-refractivity contribution in [1.82, 2.24) is 10.1 Å². The molecule has 1 aliphatic heterocycles. The van der Waals surface area contributed by atoms with Crippen LogP contribution in [0.5, 0.6) is 0 Å². The molecule has 0 unspecified atom stereocenters. The first kappa shape index (κ1) is 16.3. The molecule has 2 N–H and O–H groups in total. The Kier molecular flexibility index (Phi) is 5.37. The maximum Gasteiger partial charge on any atom is 0.410 e. The lowest BCUT2D eigenvalue weighted by molar-refractivity contribution is -0.917. The van der Waals surface area contributed by atoms with E-state index in [2.05, 4.69) is 10.5 Å². The third-order valence-corrected chi connectivity index (χ3v) is 3.82. The number of anilines is 1. The van der Waals surface area contributed by atoms with E-state index in [0.717, 1.165) is 4.90 Å². The van der Waals surface area contributed by atoms with E-state index in [9.17, 15) is 9.59 Å². The van der Waals surface area contributed by atoms with Crippen LogP contribution in [0.15, 0.2) is 10.6 Å². The molecule has 122 valence electrons. The Hall–Kier alpha value is -2.09. The number of hydrogen-bond acceptors (Lipinski definition) is 5. The maximum absolute atomic E-state index is 12.2. The molecule has 1 atom stereocenters. The first-order valence-electron chi connectivity index (χ1n) is 7.51. The van der Waals surface area contributed by atoms with Crippen molar-refractivity contribution >= 4 is 17.8 Å². The third kappa shape index (κ3) is 3.97. The molecule has 1 aliphatic rings. The van der Waals surface area contributed by atoms with Gasteiger partial charge in [0.1, 0.15) is 5.76 Å². The number of piperazine rings is 1. The van der Waals surface area contributed by atoms with Crippen LogP contribution in [0.25, 0.3) is 0 Å². The number of aromatic nitrogens is 1. The van der Waals surface area contributed by atoms with E-state index in [1.807, 2.05) is 6.92 Å². The lowest BCUT2D eigenvalue weighted by atomic mass is 10.2. The maximum atomic E-state index is 12.2. The normalized spacial score (nSPS) is 17.1. The number of carbonyl (C=O) groups excluding carboxylic acids is 2. The minimum Gasteiger partial charge on any atom is -0.450 e. The number of nitrogens with zero attached hydrogens (tertiary/aromatic N) is 2. The number of carbonyl (C=O) groups is 2. The van der Waals surface area contributed by atoms with Crippen LogP contribution < -0.4 is 10.2 Å². The number of amides is 2. The number of quaternary nitrogens is 1. The second-order valence-corrected chi connectivity index (χ2v) is 5.38. The SMILES string of the molecule is CCOC(=O)N1CC[NH+]([C@H](C)C(=O)Nc2cc(C)on2)CC1. The van der Waals surface area contributed by atoms with Crippen LogP contribution in [0.2, 0.25) is 0 Å². The highest BCUT2D eigenvalue weighted by Gasteiger charge is 2.31. The van der Waals surface area contributed by atoms with Gasteiger partial charge in [0.05, 0.1) is 32.8 Å². The second kappa shape index (κ2) is 7.26. The van der Waals surface area contributed by atoms with Crippen LogP contribution in [0.1, 0.15) is 19.6 Å². The molecule has 0 radical (unpaired) electrons. The highest BCUT2D eigenvalue weighted by atomic mass is 16.6. The summed E-state index contributed by atoms with van der Waals surface area (Å²) in [5.41, 5.74) is 0. The van der Waals surface area contributed by atoms with Crippen LogP contribution >= 0.6 is 0 Å². The van der Waals surface area contributed by atoms with Crippen LogP contribution in [-0.2, 0) is 9.53 Å². The molecule has 2 rings (SSSR count). The monoisotopic (exact) mass is 311 g/mol. The van der Waals surface area contributed by atoms with Gasteiger partial charge < -0.3 is 19.5 Å². The van der Waals surface area contributed by atoms with Crippen molar-refractivity contribution in [2.75, 3.05) is 38.1 Å². The van der Waals surface area contributed by atoms with Gasteiger partial charge in [-0.25, -0.2) is 4.79 Å². The van der Waals surface area contributed by atoms with E-state index in [0.29, 0.717) is 44.4 Å². The average molecular weight is 311 g/mol. The first-order valence-corrected chi connectivity index (χ1v) is 7.51. The topological polar surface area (TPSA) is 89.1 Å². The van der Waals surface area contributed by atoms with Crippen molar-refractivity contribution in [2.45, 2.75) is 26.8 Å². The number of nitrogens with one attached hydrogen (secondary N) is 2. The van der Waals surface area contributed by atoms with Gasteiger partial charge in [-0.05, 0) is 20.8 Å². The van der Waals surface area contributed by atoms with E-state index in [-0.39, 0.29) is 18.0 Å². The number of ether oxygens (including phenoxy) is 1. The van der Waals surface area contributed by atoms with Gasteiger partial charge in [-0.15, -0.1) is 0 Å². The predicted octanol–water partition coefficient (Wildman–Crippen LogP) is -0.333. The van der Waals surface area contributed by atoms with E-state index in [4.69, 9.17) is 9.26 Å². The summed E-state index contributed by atoms with van der Waals surface area (Å²) >= 11 is 0. The molecule has 22 heavy (non-hydrogen) atoms. The van der Waals surface area contributed by atoms with Crippen molar-refractivity contribution < 1.29 is 23.7 Å².